The molecule has 142 valence electrons. The van der Waals surface area contributed by atoms with Gasteiger partial charge in [-0.25, -0.2) is 4.79 Å². The predicted octanol–water partition coefficient (Wildman–Crippen LogP) is 1.90. The first-order valence-corrected chi connectivity index (χ1v) is 9.41. The van der Waals surface area contributed by atoms with Gasteiger partial charge >= 0.3 is 5.97 Å². The van der Waals surface area contributed by atoms with Crippen LogP contribution in [-0.2, 0) is 9.53 Å². The van der Waals surface area contributed by atoms with Crippen LogP contribution < -0.4 is 0 Å². The summed E-state index contributed by atoms with van der Waals surface area (Å²) in [6.45, 7) is 3.06. The standard InChI is InChI=1S/C19H20N2O5S/c1-13-4-5-14(15(22)11-13)19(25)26-12-17(23)20-6-8-21(9-7-20)18(24)16-3-2-10-27-16/h2-5,10-11,22H,6-9,12H2,1H3. The van der Waals surface area contributed by atoms with Crippen LogP contribution in [0.15, 0.2) is 35.7 Å². The highest BCUT2D eigenvalue weighted by atomic mass is 32.1. The number of aromatic hydroxyl groups is 1. The number of hydrogen-bond donors (Lipinski definition) is 1. The fourth-order valence-corrected chi connectivity index (χ4v) is 3.52. The highest BCUT2D eigenvalue weighted by molar-refractivity contribution is 7.12. The lowest BCUT2D eigenvalue weighted by Crippen LogP contribution is -2.51. The molecule has 0 spiro atoms. The van der Waals surface area contributed by atoms with Gasteiger partial charge in [-0.3, -0.25) is 9.59 Å². The van der Waals surface area contributed by atoms with Crippen molar-refractivity contribution < 1.29 is 24.2 Å². The summed E-state index contributed by atoms with van der Waals surface area (Å²) < 4.78 is 5.03. The Labute approximate surface area is 160 Å². The van der Waals surface area contributed by atoms with Gasteiger partial charge in [0.1, 0.15) is 11.3 Å². The summed E-state index contributed by atoms with van der Waals surface area (Å²) in [6.07, 6.45) is 0. The highest BCUT2D eigenvalue weighted by Crippen LogP contribution is 2.19. The van der Waals surface area contributed by atoms with E-state index in [1.807, 2.05) is 11.4 Å². The van der Waals surface area contributed by atoms with E-state index in [-0.39, 0.29) is 23.1 Å². The minimum atomic E-state index is -0.743. The number of thiophene rings is 1. The lowest BCUT2D eigenvalue weighted by Gasteiger charge is -2.34. The second kappa shape index (κ2) is 8.22. The molecule has 1 saturated heterocycles. The summed E-state index contributed by atoms with van der Waals surface area (Å²) in [6, 6.07) is 8.22. The molecule has 27 heavy (non-hydrogen) atoms. The summed E-state index contributed by atoms with van der Waals surface area (Å²) >= 11 is 1.39. The number of rotatable bonds is 4. The molecule has 0 unspecified atom stereocenters. The Morgan fingerprint density at radius 3 is 2.44 bits per heavy atom. The number of phenolic OH excluding ortho intramolecular Hbond substituents is 1. The van der Waals surface area contributed by atoms with Crippen LogP contribution in [0.5, 0.6) is 5.75 Å². The SMILES string of the molecule is Cc1ccc(C(=O)OCC(=O)N2CCN(C(=O)c3cccs3)CC2)c(O)c1. The summed E-state index contributed by atoms with van der Waals surface area (Å²) in [7, 11) is 0. The molecule has 0 atom stereocenters. The molecule has 7 nitrogen and oxygen atoms in total. The van der Waals surface area contributed by atoms with Crippen LogP contribution in [0.3, 0.4) is 0 Å². The number of carbonyl (C=O) groups excluding carboxylic acids is 3. The predicted molar refractivity (Wildman–Crippen MR) is 99.9 cm³/mol. The van der Waals surface area contributed by atoms with Crippen molar-refractivity contribution in [3.05, 3.63) is 51.7 Å². The molecule has 2 aromatic rings. The summed E-state index contributed by atoms with van der Waals surface area (Å²) in [5, 5.41) is 11.7. The third-order valence-corrected chi connectivity index (χ3v) is 5.21. The average molecular weight is 388 g/mol. The quantitative estimate of drug-likeness (QED) is 0.809. The molecule has 1 aliphatic rings. The second-order valence-electron chi connectivity index (χ2n) is 6.25. The summed E-state index contributed by atoms with van der Waals surface area (Å²) in [4.78, 5) is 40.6. The zero-order valence-corrected chi connectivity index (χ0v) is 15.7. The molecule has 0 aliphatic carbocycles. The number of piperazine rings is 1. The number of esters is 1. The fraction of sp³-hybridized carbons (Fsp3) is 0.316. The first-order chi connectivity index (χ1) is 13.0. The van der Waals surface area contributed by atoms with Crippen molar-refractivity contribution >= 4 is 29.1 Å². The van der Waals surface area contributed by atoms with Gasteiger partial charge in [0.2, 0.25) is 0 Å². The third-order valence-electron chi connectivity index (χ3n) is 4.35. The molecule has 2 heterocycles. The van der Waals surface area contributed by atoms with E-state index in [0.717, 1.165) is 5.56 Å². The van der Waals surface area contributed by atoms with Crippen molar-refractivity contribution in [2.75, 3.05) is 32.8 Å². The number of carbonyl (C=O) groups is 3. The van der Waals surface area contributed by atoms with Gasteiger partial charge in [-0.05, 0) is 36.1 Å². The number of nitrogens with zero attached hydrogens (tertiary/aromatic N) is 2. The maximum atomic E-state index is 12.3. The smallest absolute Gasteiger partial charge is 0.342 e. The summed E-state index contributed by atoms with van der Waals surface area (Å²) in [5.41, 5.74) is 0.842. The highest BCUT2D eigenvalue weighted by Gasteiger charge is 2.26. The molecule has 2 amide bonds. The molecule has 1 fully saturated rings. The number of ether oxygens (including phenoxy) is 1. The maximum absolute atomic E-state index is 12.3. The van der Waals surface area contributed by atoms with Crippen LogP contribution in [0.4, 0.5) is 0 Å². The van der Waals surface area contributed by atoms with Gasteiger partial charge in [0.25, 0.3) is 11.8 Å². The largest absolute Gasteiger partial charge is 0.507 e. The van der Waals surface area contributed by atoms with E-state index >= 15 is 0 Å². The van der Waals surface area contributed by atoms with Crippen molar-refractivity contribution in [1.29, 1.82) is 0 Å². The number of aryl methyl sites for hydroxylation is 1. The molecule has 1 aromatic carbocycles. The zero-order valence-electron chi connectivity index (χ0n) is 14.9. The molecule has 0 bridgehead atoms. The van der Waals surface area contributed by atoms with Gasteiger partial charge < -0.3 is 19.6 Å². The van der Waals surface area contributed by atoms with Crippen LogP contribution in [0.1, 0.15) is 25.6 Å². The van der Waals surface area contributed by atoms with Crippen molar-refractivity contribution in [2.45, 2.75) is 6.92 Å². The van der Waals surface area contributed by atoms with Crippen molar-refractivity contribution in [2.24, 2.45) is 0 Å². The molecule has 1 aromatic heterocycles. The molecule has 0 saturated carbocycles. The Morgan fingerprint density at radius 2 is 1.81 bits per heavy atom. The van der Waals surface area contributed by atoms with E-state index < -0.39 is 12.6 Å². The van der Waals surface area contributed by atoms with Crippen molar-refractivity contribution in [1.82, 2.24) is 9.80 Å². The van der Waals surface area contributed by atoms with Gasteiger partial charge in [0, 0.05) is 26.2 Å². The molecule has 3 rings (SSSR count). The van der Waals surface area contributed by atoms with E-state index in [9.17, 15) is 19.5 Å². The van der Waals surface area contributed by atoms with Crippen molar-refractivity contribution in [3.63, 3.8) is 0 Å². The molecule has 8 heteroatoms. The molecule has 0 radical (unpaired) electrons. The van der Waals surface area contributed by atoms with E-state index in [1.54, 1.807) is 28.9 Å². The van der Waals surface area contributed by atoms with Gasteiger partial charge in [-0.2, -0.15) is 0 Å². The topological polar surface area (TPSA) is 87.2 Å². The first kappa shape index (κ1) is 18.9. The van der Waals surface area contributed by atoms with Crippen LogP contribution in [0, 0.1) is 6.92 Å². The van der Waals surface area contributed by atoms with Gasteiger partial charge in [0.05, 0.1) is 4.88 Å². The van der Waals surface area contributed by atoms with Crippen LogP contribution in [-0.4, -0.2) is 65.5 Å². The van der Waals surface area contributed by atoms with Crippen molar-refractivity contribution in [3.8, 4) is 5.75 Å². The maximum Gasteiger partial charge on any atom is 0.342 e. The molecule has 1 aliphatic heterocycles. The van der Waals surface area contributed by atoms with Crippen LogP contribution in [0.2, 0.25) is 0 Å². The second-order valence-corrected chi connectivity index (χ2v) is 7.19. The lowest BCUT2D eigenvalue weighted by atomic mass is 10.1. The zero-order chi connectivity index (χ0) is 19.4. The first-order valence-electron chi connectivity index (χ1n) is 8.53. The Hall–Kier alpha value is -2.87. The van der Waals surface area contributed by atoms with Gasteiger partial charge in [0.15, 0.2) is 6.61 Å². The van der Waals surface area contributed by atoms with Crippen LogP contribution in [0.25, 0.3) is 0 Å². The number of benzene rings is 1. The summed E-state index contributed by atoms with van der Waals surface area (Å²) in [5.74, 6) is -1.27. The minimum absolute atomic E-state index is 0.0276. The fourth-order valence-electron chi connectivity index (χ4n) is 2.83. The molecular weight excluding hydrogens is 368 g/mol. The average Bonchev–Trinajstić information content (AvgIpc) is 3.20. The normalized spacial score (nSPS) is 14.1. The van der Waals surface area contributed by atoms with E-state index in [1.165, 1.54) is 23.5 Å². The Kier molecular flexibility index (Phi) is 5.75. The van der Waals surface area contributed by atoms with Gasteiger partial charge in [-0.15, -0.1) is 11.3 Å². The number of amides is 2. The van der Waals surface area contributed by atoms with E-state index in [4.69, 9.17) is 4.74 Å². The Balaban J connectivity index is 1.48. The van der Waals surface area contributed by atoms with E-state index in [0.29, 0.717) is 31.1 Å². The molecular formula is C19H20N2O5S. The number of phenols is 1. The Morgan fingerprint density at radius 1 is 1.11 bits per heavy atom. The lowest BCUT2D eigenvalue weighted by molar-refractivity contribution is -0.136. The number of hydrogen-bond acceptors (Lipinski definition) is 6. The van der Waals surface area contributed by atoms with Gasteiger partial charge in [-0.1, -0.05) is 12.1 Å². The monoisotopic (exact) mass is 388 g/mol. The van der Waals surface area contributed by atoms with E-state index in [2.05, 4.69) is 0 Å². The Bertz CT molecular complexity index is 842. The minimum Gasteiger partial charge on any atom is -0.507 e. The third kappa shape index (κ3) is 4.46. The molecule has 1 N–H and O–H groups in total. The van der Waals surface area contributed by atoms with Crippen LogP contribution >= 0.6 is 11.3 Å².